The second kappa shape index (κ2) is 8.69. The molecule has 0 radical (unpaired) electrons. The largest absolute Gasteiger partial charge is 0.461 e. The maximum absolute atomic E-state index is 12.4. The van der Waals surface area contributed by atoms with Crippen LogP contribution in [0, 0.1) is 0 Å². The van der Waals surface area contributed by atoms with Crippen molar-refractivity contribution in [2.45, 2.75) is 18.9 Å². The van der Waals surface area contributed by atoms with Crippen LogP contribution in [-0.4, -0.2) is 43.7 Å². The van der Waals surface area contributed by atoms with E-state index < -0.39 is 0 Å². The van der Waals surface area contributed by atoms with Crippen LogP contribution in [0.25, 0.3) is 11.0 Å². The third-order valence-electron chi connectivity index (χ3n) is 4.93. The quantitative estimate of drug-likeness (QED) is 0.676. The molecule has 0 bridgehead atoms. The summed E-state index contributed by atoms with van der Waals surface area (Å²) in [6.45, 7) is 3.93. The van der Waals surface area contributed by atoms with E-state index in [9.17, 15) is 4.79 Å². The Hall–Kier alpha value is -2.15. The highest BCUT2D eigenvalue weighted by atomic mass is 32.1. The number of benzene rings is 1. The molecule has 1 amide bonds. The van der Waals surface area contributed by atoms with Crippen LogP contribution in [0.15, 0.2) is 52.3 Å². The number of rotatable bonds is 7. The van der Waals surface area contributed by atoms with Crippen LogP contribution in [0.2, 0.25) is 0 Å². The van der Waals surface area contributed by atoms with E-state index in [2.05, 4.69) is 27.7 Å². The number of carbonyl (C=O) groups excluding carboxylic acids is 1. The number of fused-ring (bicyclic) bond motifs is 1. The monoisotopic (exact) mass is 384 g/mol. The third kappa shape index (κ3) is 4.58. The van der Waals surface area contributed by atoms with Gasteiger partial charge in [0.15, 0.2) is 0 Å². The first-order chi connectivity index (χ1) is 13.3. The smallest absolute Gasteiger partial charge is 0.220 e. The SMILES string of the molecule is O=C(CCc1cc2ccccc2o1)NC[C@H](c1cccs1)N1CCOCC1. The first-order valence-corrected chi connectivity index (χ1v) is 10.3. The first kappa shape index (κ1) is 18.2. The first-order valence-electron chi connectivity index (χ1n) is 9.39. The average Bonchev–Trinajstić information content (AvgIpc) is 3.37. The molecule has 0 unspecified atom stereocenters. The van der Waals surface area contributed by atoms with Gasteiger partial charge < -0.3 is 14.5 Å². The van der Waals surface area contributed by atoms with Gasteiger partial charge in [0.1, 0.15) is 11.3 Å². The number of nitrogens with one attached hydrogen (secondary N) is 1. The van der Waals surface area contributed by atoms with Crippen molar-refractivity contribution < 1.29 is 13.9 Å². The summed E-state index contributed by atoms with van der Waals surface area (Å²) < 4.78 is 11.3. The Morgan fingerprint density at radius 3 is 2.81 bits per heavy atom. The number of furan rings is 1. The van der Waals surface area contributed by atoms with E-state index in [1.807, 2.05) is 30.3 Å². The molecular weight excluding hydrogens is 360 g/mol. The minimum Gasteiger partial charge on any atom is -0.461 e. The summed E-state index contributed by atoms with van der Waals surface area (Å²) in [5.41, 5.74) is 0.873. The molecule has 1 aliphatic rings. The lowest BCUT2D eigenvalue weighted by Gasteiger charge is -2.34. The summed E-state index contributed by atoms with van der Waals surface area (Å²) in [7, 11) is 0. The van der Waals surface area contributed by atoms with E-state index in [4.69, 9.17) is 9.15 Å². The fraction of sp³-hybridized carbons (Fsp3) is 0.381. The molecule has 1 N–H and O–H groups in total. The Kier molecular flexibility index (Phi) is 5.87. The van der Waals surface area contributed by atoms with Crippen molar-refractivity contribution in [3.05, 3.63) is 58.5 Å². The topological polar surface area (TPSA) is 54.7 Å². The zero-order valence-electron chi connectivity index (χ0n) is 15.2. The minimum atomic E-state index is 0.0604. The fourth-order valence-corrected chi connectivity index (χ4v) is 4.34. The highest BCUT2D eigenvalue weighted by Gasteiger charge is 2.23. The number of aryl methyl sites for hydroxylation is 1. The minimum absolute atomic E-state index is 0.0604. The number of carbonyl (C=O) groups is 1. The lowest BCUT2D eigenvalue weighted by Crippen LogP contribution is -2.43. The summed E-state index contributed by atoms with van der Waals surface area (Å²) in [6.07, 6.45) is 1.04. The molecule has 1 fully saturated rings. The van der Waals surface area contributed by atoms with Gasteiger partial charge in [-0.2, -0.15) is 0 Å². The van der Waals surface area contributed by atoms with Crippen molar-refractivity contribution in [1.82, 2.24) is 10.2 Å². The van der Waals surface area contributed by atoms with Crippen molar-refractivity contribution >= 4 is 28.2 Å². The van der Waals surface area contributed by atoms with Gasteiger partial charge in [0.05, 0.1) is 19.3 Å². The van der Waals surface area contributed by atoms with E-state index in [0.29, 0.717) is 19.4 Å². The predicted molar refractivity (Wildman–Crippen MR) is 107 cm³/mol. The molecule has 0 spiro atoms. The molecule has 3 heterocycles. The number of hydrogen-bond donors (Lipinski definition) is 1. The Labute approximate surface area is 162 Å². The highest BCUT2D eigenvalue weighted by Crippen LogP contribution is 2.25. The molecular formula is C21H24N2O3S. The third-order valence-corrected chi connectivity index (χ3v) is 5.90. The number of morpholine rings is 1. The van der Waals surface area contributed by atoms with Crippen LogP contribution in [0.3, 0.4) is 0 Å². The molecule has 0 saturated carbocycles. The van der Waals surface area contributed by atoms with Gasteiger partial charge in [-0.25, -0.2) is 0 Å². The van der Waals surface area contributed by atoms with Crippen molar-refractivity contribution in [2.75, 3.05) is 32.8 Å². The molecule has 1 aromatic carbocycles. The van der Waals surface area contributed by atoms with Crippen molar-refractivity contribution in [3.63, 3.8) is 0 Å². The lowest BCUT2D eigenvalue weighted by molar-refractivity contribution is -0.121. The maximum Gasteiger partial charge on any atom is 0.220 e. The molecule has 6 heteroatoms. The summed E-state index contributed by atoms with van der Waals surface area (Å²) >= 11 is 1.74. The zero-order valence-corrected chi connectivity index (χ0v) is 16.0. The van der Waals surface area contributed by atoms with Gasteiger partial charge in [-0.3, -0.25) is 9.69 Å². The van der Waals surface area contributed by atoms with Crippen molar-refractivity contribution in [1.29, 1.82) is 0 Å². The highest BCUT2D eigenvalue weighted by molar-refractivity contribution is 7.10. The second-order valence-corrected chi connectivity index (χ2v) is 7.71. The maximum atomic E-state index is 12.4. The van der Waals surface area contributed by atoms with Gasteiger partial charge in [-0.1, -0.05) is 24.3 Å². The molecule has 2 aromatic heterocycles. The normalized spacial score (nSPS) is 16.4. The number of ether oxygens (including phenoxy) is 1. The van der Waals surface area contributed by atoms with E-state index in [1.54, 1.807) is 11.3 Å². The van der Waals surface area contributed by atoms with Gasteiger partial charge in [0.25, 0.3) is 0 Å². The summed E-state index contributed by atoms with van der Waals surface area (Å²) in [5, 5.41) is 6.29. The van der Waals surface area contributed by atoms with Crippen LogP contribution >= 0.6 is 11.3 Å². The van der Waals surface area contributed by atoms with Gasteiger partial charge in [0, 0.05) is 42.7 Å². The van der Waals surface area contributed by atoms with Crippen LogP contribution in [-0.2, 0) is 16.0 Å². The Bertz CT molecular complexity index is 836. The van der Waals surface area contributed by atoms with Crippen LogP contribution in [0.1, 0.15) is 23.1 Å². The average molecular weight is 385 g/mol. The summed E-state index contributed by atoms with van der Waals surface area (Å²) in [4.78, 5) is 16.1. The number of nitrogens with zero attached hydrogens (tertiary/aromatic N) is 1. The molecule has 1 saturated heterocycles. The standard InChI is InChI=1S/C21H24N2O3S/c24-21(8-7-17-14-16-4-1-2-5-19(16)26-17)22-15-18(20-6-3-13-27-20)23-9-11-25-12-10-23/h1-6,13-14,18H,7-12,15H2,(H,22,24)/t18-/m1/s1. The lowest BCUT2D eigenvalue weighted by atomic mass is 10.1. The van der Waals surface area contributed by atoms with Crippen LogP contribution < -0.4 is 5.32 Å². The fourth-order valence-electron chi connectivity index (χ4n) is 3.48. The van der Waals surface area contributed by atoms with Gasteiger partial charge in [-0.05, 0) is 23.6 Å². The van der Waals surface area contributed by atoms with E-state index >= 15 is 0 Å². The van der Waals surface area contributed by atoms with Gasteiger partial charge in [-0.15, -0.1) is 11.3 Å². The second-order valence-electron chi connectivity index (χ2n) is 6.73. The van der Waals surface area contributed by atoms with Crippen molar-refractivity contribution in [2.24, 2.45) is 0 Å². The molecule has 4 rings (SSSR count). The van der Waals surface area contributed by atoms with Crippen molar-refractivity contribution in [3.8, 4) is 0 Å². The number of para-hydroxylation sites is 1. The number of thiophene rings is 1. The molecule has 142 valence electrons. The predicted octanol–water partition coefficient (Wildman–Crippen LogP) is 3.62. The Balaban J connectivity index is 1.32. The molecule has 1 aliphatic heterocycles. The van der Waals surface area contributed by atoms with Crippen LogP contribution in [0.5, 0.6) is 0 Å². The molecule has 0 aliphatic carbocycles. The number of amides is 1. The van der Waals surface area contributed by atoms with E-state index in [0.717, 1.165) is 43.0 Å². The van der Waals surface area contributed by atoms with E-state index in [1.165, 1.54) is 4.88 Å². The summed E-state index contributed by atoms with van der Waals surface area (Å²) in [5.74, 6) is 0.916. The zero-order chi connectivity index (χ0) is 18.5. The molecule has 5 nitrogen and oxygen atoms in total. The Morgan fingerprint density at radius 1 is 1.19 bits per heavy atom. The number of hydrogen-bond acceptors (Lipinski definition) is 5. The van der Waals surface area contributed by atoms with Gasteiger partial charge >= 0.3 is 0 Å². The summed E-state index contributed by atoms with van der Waals surface area (Å²) in [6, 6.07) is 14.4. The van der Waals surface area contributed by atoms with E-state index in [-0.39, 0.29) is 11.9 Å². The van der Waals surface area contributed by atoms with Crippen LogP contribution in [0.4, 0.5) is 0 Å². The van der Waals surface area contributed by atoms with Gasteiger partial charge in [0.2, 0.25) is 5.91 Å². The molecule has 1 atom stereocenters. The molecule has 27 heavy (non-hydrogen) atoms. The molecule has 3 aromatic rings. The Morgan fingerprint density at radius 2 is 2.04 bits per heavy atom.